The van der Waals surface area contributed by atoms with E-state index in [2.05, 4.69) is 64.5 Å². The van der Waals surface area contributed by atoms with Gasteiger partial charge in [-0.05, 0) is 18.9 Å². The Kier molecular flexibility index (Phi) is 13.0. The van der Waals surface area contributed by atoms with Gasteiger partial charge in [0.2, 0.25) is 0 Å². The zero-order chi connectivity index (χ0) is 22.4. The van der Waals surface area contributed by atoms with Crippen molar-refractivity contribution >= 4 is 23.1 Å². The second kappa shape index (κ2) is 14.3. The maximum absolute atomic E-state index is 5.54. The molecule has 7 nitrogen and oxygen atoms in total. The first-order valence-electron chi connectivity index (χ1n) is 10.6. The Morgan fingerprint density at radius 3 is 2.14 bits per heavy atom. The van der Waals surface area contributed by atoms with Crippen LogP contribution in [0.1, 0.15) is 72.1 Å². The number of imidazole rings is 2. The number of hydrogen-bond acceptors (Lipinski definition) is 5. The molecule has 3 rings (SSSR count). The highest BCUT2D eigenvalue weighted by molar-refractivity contribution is 5.80. The lowest BCUT2D eigenvalue weighted by Crippen LogP contribution is -1.97. The van der Waals surface area contributed by atoms with Gasteiger partial charge in [0.25, 0.3) is 0 Å². The second-order valence-electron chi connectivity index (χ2n) is 5.72. The van der Waals surface area contributed by atoms with Gasteiger partial charge >= 0.3 is 0 Å². The van der Waals surface area contributed by atoms with E-state index in [0.717, 1.165) is 24.9 Å². The minimum absolute atomic E-state index is 0.426. The van der Waals surface area contributed by atoms with E-state index in [0.29, 0.717) is 11.3 Å². The van der Waals surface area contributed by atoms with Crippen LogP contribution < -0.4 is 5.73 Å². The molecule has 0 aromatic carbocycles. The van der Waals surface area contributed by atoms with Gasteiger partial charge in [-0.1, -0.05) is 54.5 Å². The van der Waals surface area contributed by atoms with Gasteiger partial charge in [-0.25, -0.2) is 19.9 Å². The zero-order valence-corrected chi connectivity index (χ0v) is 19.7. The minimum atomic E-state index is 0.426. The van der Waals surface area contributed by atoms with Gasteiger partial charge in [0.15, 0.2) is 11.5 Å². The third-order valence-electron chi connectivity index (χ3n) is 4.00. The Labute approximate surface area is 176 Å². The maximum Gasteiger partial charge on any atom is 0.165 e. The molecule has 0 bridgehead atoms. The highest BCUT2D eigenvalue weighted by atomic mass is 15.1. The summed E-state index contributed by atoms with van der Waals surface area (Å²) in [5.41, 5.74) is 9.45. The lowest BCUT2D eigenvalue weighted by molar-refractivity contribution is 0.801. The van der Waals surface area contributed by atoms with Gasteiger partial charge in [0.1, 0.15) is 17.7 Å². The molecule has 7 heteroatoms. The summed E-state index contributed by atoms with van der Waals surface area (Å²) in [6, 6.07) is 0. The normalized spacial score (nSPS) is 9.97. The number of aryl methyl sites for hydroxylation is 3. The fourth-order valence-electron chi connectivity index (χ4n) is 2.60. The molecule has 0 unspecified atom stereocenters. The molecule has 0 saturated heterocycles. The quantitative estimate of drug-likeness (QED) is 0.667. The van der Waals surface area contributed by atoms with Crippen molar-refractivity contribution < 1.29 is 0 Å². The fraction of sp³-hybridized carbons (Fsp3) is 0.545. The van der Waals surface area contributed by atoms with E-state index in [9.17, 15) is 0 Å². The van der Waals surface area contributed by atoms with Crippen molar-refractivity contribution in [2.75, 3.05) is 5.73 Å². The lowest BCUT2D eigenvalue weighted by atomic mass is 10.2. The number of aromatic nitrogens is 6. The van der Waals surface area contributed by atoms with Crippen LogP contribution in [-0.4, -0.2) is 29.1 Å². The first kappa shape index (κ1) is 26.3. The monoisotopic (exact) mass is 401 g/mol. The van der Waals surface area contributed by atoms with E-state index in [4.69, 9.17) is 5.73 Å². The molecule has 162 valence electrons. The van der Waals surface area contributed by atoms with Crippen LogP contribution in [0.4, 0.5) is 5.82 Å². The van der Waals surface area contributed by atoms with Crippen LogP contribution in [0, 0.1) is 0 Å². The minimum Gasteiger partial charge on any atom is -0.382 e. The number of anilines is 1. The molecule has 29 heavy (non-hydrogen) atoms. The van der Waals surface area contributed by atoms with Gasteiger partial charge in [-0.2, -0.15) is 0 Å². The van der Waals surface area contributed by atoms with Crippen molar-refractivity contribution in [2.24, 2.45) is 14.1 Å². The standard InChI is InChI=1S/C12H20N2.C6H7N5.2C2H6/c1-5-8-9-11-10(6-2)13-12(7-3)14(11)4;1-11-3-10-4-5(7)8-2-9-6(4)11;2*1-2/h8-9H,5-7H2,1-4H3;2-3H,1H3,(H2,7,8,9);2*1-2H3/b9-8-;;;. The number of nitrogens with zero attached hydrogens (tertiary/aromatic N) is 6. The molecular formula is C22H39N7. The van der Waals surface area contributed by atoms with E-state index in [1.165, 1.54) is 23.5 Å². The third-order valence-corrected chi connectivity index (χ3v) is 4.00. The Morgan fingerprint density at radius 1 is 0.966 bits per heavy atom. The largest absolute Gasteiger partial charge is 0.382 e. The summed E-state index contributed by atoms with van der Waals surface area (Å²) in [4.78, 5) is 16.5. The van der Waals surface area contributed by atoms with E-state index >= 15 is 0 Å². The second-order valence-corrected chi connectivity index (χ2v) is 5.72. The molecule has 0 saturated carbocycles. The van der Waals surface area contributed by atoms with Crippen LogP contribution in [0.15, 0.2) is 18.7 Å². The van der Waals surface area contributed by atoms with E-state index in [1.54, 1.807) is 10.9 Å². The Morgan fingerprint density at radius 2 is 1.62 bits per heavy atom. The first-order valence-corrected chi connectivity index (χ1v) is 10.6. The molecule has 0 aliphatic rings. The van der Waals surface area contributed by atoms with Gasteiger partial charge < -0.3 is 14.9 Å². The molecule has 3 aromatic rings. The Hall–Kier alpha value is -2.70. The van der Waals surface area contributed by atoms with Gasteiger partial charge in [-0.3, -0.25) is 0 Å². The summed E-state index contributed by atoms with van der Waals surface area (Å²) in [7, 11) is 3.96. The summed E-state index contributed by atoms with van der Waals surface area (Å²) < 4.78 is 4.00. The highest BCUT2D eigenvalue weighted by Gasteiger charge is 2.08. The van der Waals surface area contributed by atoms with Crippen LogP contribution in [0.3, 0.4) is 0 Å². The molecule has 0 aliphatic carbocycles. The fourth-order valence-corrected chi connectivity index (χ4v) is 2.60. The maximum atomic E-state index is 5.54. The average molecular weight is 402 g/mol. The predicted molar refractivity (Wildman–Crippen MR) is 125 cm³/mol. The van der Waals surface area contributed by atoms with Crippen molar-refractivity contribution in [3.63, 3.8) is 0 Å². The van der Waals surface area contributed by atoms with E-state index in [1.807, 2.05) is 34.7 Å². The highest BCUT2D eigenvalue weighted by Crippen LogP contribution is 2.14. The number of allylic oxidation sites excluding steroid dienone is 1. The lowest BCUT2D eigenvalue weighted by Gasteiger charge is -2.00. The number of fused-ring (bicyclic) bond motifs is 1. The number of rotatable bonds is 4. The van der Waals surface area contributed by atoms with Crippen molar-refractivity contribution in [3.8, 4) is 0 Å². The van der Waals surface area contributed by atoms with E-state index in [-0.39, 0.29) is 0 Å². The summed E-state index contributed by atoms with van der Waals surface area (Å²) in [5.74, 6) is 1.60. The van der Waals surface area contributed by atoms with Crippen molar-refractivity contribution in [1.82, 2.24) is 29.1 Å². The molecule has 3 heterocycles. The van der Waals surface area contributed by atoms with Gasteiger partial charge in [0, 0.05) is 20.5 Å². The smallest absolute Gasteiger partial charge is 0.165 e. The van der Waals surface area contributed by atoms with Crippen LogP contribution in [0.25, 0.3) is 17.2 Å². The molecule has 0 atom stereocenters. The molecular weight excluding hydrogens is 362 g/mol. The molecule has 0 fully saturated rings. The summed E-state index contributed by atoms with van der Waals surface area (Å²) in [6.45, 7) is 14.5. The van der Waals surface area contributed by atoms with Crippen molar-refractivity contribution in [2.45, 2.75) is 67.7 Å². The summed E-state index contributed by atoms with van der Waals surface area (Å²) in [5, 5.41) is 0. The van der Waals surface area contributed by atoms with E-state index < -0.39 is 0 Å². The Bertz CT molecular complexity index is 860. The van der Waals surface area contributed by atoms with Crippen LogP contribution in [0.5, 0.6) is 0 Å². The number of nitrogen functional groups attached to an aromatic ring is 1. The van der Waals surface area contributed by atoms with Crippen molar-refractivity contribution in [3.05, 3.63) is 35.9 Å². The Balaban J connectivity index is 0.000000469. The van der Waals surface area contributed by atoms with Crippen LogP contribution in [0.2, 0.25) is 0 Å². The molecule has 3 aromatic heterocycles. The average Bonchev–Trinajstić information content (AvgIpc) is 3.30. The first-order chi connectivity index (χ1) is 14.0. The summed E-state index contributed by atoms with van der Waals surface area (Å²) in [6.07, 6.45) is 10.6. The third kappa shape index (κ3) is 7.00. The van der Waals surface area contributed by atoms with Crippen LogP contribution >= 0.6 is 0 Å². The molecule has 0 radical (unpaired) electrons. The number of nitrogens with two attached hydrogens (primary N) is 1. The van der Waals surface area contributed by atoms with Crippen molar-refractivity contribution in [1.29, 1.82) is 0 Å². The topological polar surface area (TPSA) is 87.4 Å². The predicted octanol–water partition coefficient (Wildman–Crippen LogP) is 4.97. The molecule has 2 N–H and O–H groups in total. The number of hydrogen-bond donors (Lipinski definition) is 1. The van der Waals surface area contributed by atoms with Gasteiger partial charge in [0.05, 0.1) is 17.7 Å². The molecule has 0 spiro atoms. The zero-order valence-electron chi connectivity index (χ0n) is 19.7. The van der Waals surface area contributed by atoms with Gasteiger partial charge in [-0.15, -0.1) is 0 Å². The summed E-state index contributed by atoms with van der Waals surface area (Å²) >= 11 is 0. The van der Waals surface area contributed by atoms with Crippen LogP contribution in [-0.2, 0) is 26.9 Å². The SMILES string of the molecule is CC.CC.CC/C=C\c1c(CC)nc(CC)n1C.Cn1cnc2c(N)ncnc21. The molecule has 0 aliphatic heterocycles. The molecule has 0 amide bonds.